The Morgan fingerprint density at radius 3 is 2.06 bits per heavy atom. The Hall–Kier alpha value is -0.570. The highest BCUT2D eigenvalue weighted by Gasteiger charge is 2.33. The van der Waals surface area contributed by atoms with Gasteiger partial charge in [0.05, 0.1) is 12.5 Å². The summed E-state index contributed by atoms with van der Waals surface area (Å²) < 4.78 is 4.90. The van der Waals surface area contributed by atoms with Gasteiger partial charge in [-0.2, -0.15) is 0 Å². The molecule has 0 N–H and O–H groups in total. The Morgan fingerprint density at radius 1 is 1.22 bits per heavy atom. The van der Waals surface area contributed by atoms with Crippen LogP contribution in [-0.4, -0.2) is 37.1 Å². The van der Waals surface area contributed by atoms with Crippen LogP contribution in [0.15, 0.2) is 0 Å². The molecule has 0 heterocycles. The van der Waals surface area contributed by atoms with Gasteiger partial charge in [0.15, 0.2) is 0 Å². The molecule has 0 aromatic rings. The van der Waals surface area contributed by atoms with Gasteiger partial charge in [-0.15, -0.1) is 0 Å². The molecule has 0 bridgehead atoms. The lowest BCUT2D eigenvalue weighted by Gasteiger charge is -2.37. The predicted molar refractivity (Wildman–Crippen MR) is 76.6 cm³/mol. The van der Waals surface area contributed by atoms with Gasteiger partial charge in [-0.3, -0.25) is 9.69 Å². The summed E-state index contributed by atoms with van der Waals surface area (Å²) in [5, 5.41) is 0. The number of ether oxygens (including phenoxy) is 1. The smallest absolute Gasteiger partial charge is 0.312 e. The molecule has 0 aliphatic rings. The Morgan fingerprint density at radius 2 is 1.72 bits per heavy atom. The van der Waals surface area contributed by atoms with E-state index in [1.54, 1.807) is 0 Å². The Labute approximate surface area is 113 Å². The molecule has 0 unspecified atom stereocenters. The van der Waals surface area contributed by atoms with Gasteiger partial charge in [-0.05, 0) is 32.6 Å². The van der Waals surface area contributed by atoms with Gasteiger partial charge in [0.1, 0.15) is 0 Å². The maximum Gasteiger partial charge on any atom is 0.312 e. The summed E-state index contributed by atoms with van der Waals surface area (Å²) in [6, 6.07) is 0.552. The van der Waals surface area contributed by atoms with E-state index in [-0.39, 0.29) is 5.97 Å². The van der Waals surface area contributed by atoms with E-state index in [2.05, 4.69) is 32.6 Å². The van der Waals surface area contributed by atoms with Gasteiger partial charge in [0, 0.05) is 19.1 Å². The van der Waals surface area contributed by atoms with Crippen LogP contribution in [0.1, 0.15) is 54.4 Å². The highest BCUT2D eigenvalue weighted by molar-refractivity contribution is 5.76. The molecule has 0 amide bonds. The first kappa shape index (κ1) is 17.4. The molecule has 0 spiro atoms. The van der Waals surface area contributed by atoms with Crippen molar-refractivity contribution in [3.05, 3.63) is 0 Å². The predicted octanol–water partition coefficient (Wildman–Crippen LogP) is 3.33. The molecule has 0 saturated heterocycles. The normalized spacial score (nSPS) is 12.6. The molecule has 0 aromatic carbocycles. The van der Waals surface area contributed by atoms with Crippen LogP contribution in [0.4, 0.5) is 0 Å². The van der Waals surface area contributed by atoms with Crippen LogP contribution in [-0.2, 0) is 9.53 Å². The minimum atomic E-state index is -0.438. The minimum absolute atomic E-state index is 0.123. The monoisotopic (exact) mass is 257 g/mol. The summed E-state index contributed by atoms with van der Waals surface area (Å²) in [5.41, 5.74) is -0.438. The van der Waals surface area contributed by atoms with Gasteiger partial charge in [0.25, 0.3) is 0 Å². The number of esters is 1. The number of methoxy groups -OCH3 is 1. The van der Waals surface area contributed by atoms with Crippen molar-refractivity contribution in [1.82, 2.24) is 4.90 Å². The van der Waals surface area contributed by atoms with Crippen LogP contribution in [0, 0.1) is 11.3 Å². The average Bonchev–Trinajstić information content (AvgIpc) is 2.28. The van der Waals surface area contributed by atoms with E-state index >= 15 is 0 Å². The van der Waals surface area contributed by atoms with Crippen molar-refractivity contribution in [2.75, 3.05) is 20.2 Å². The van der Waals surface area contributed by atoms with E-state index in [9.17, 15) is 4.79 Å². The molecule has 0 radical (unpaired) electrons. The molecular formula is C15H31NO2. The van der Waals surface area contributed by atoms with Crippen molar-refractivity contribution in [3.8, 4) is 0 Å². The van der Waals surface area contributed by atoms with Crippen LogP contribution in [0.2, 0.25) is 0 Å². The summed E-state index contributed by atoms with van der Waals surface area (Å²) in [7, 11) is 1.47. The first-order chi connectivity index (χ1) is 8.28. The van der Waals surface area contributed by atoms with Crippen molar-refractivity contribution in [2.45, 2.75) is 60.4 Å². The Balaban J connectivity index is 4.82. The summed E-state index contributed by atoms with van der Waals surface area (Å²) >= 11 is 0. The molecule has 0 fully saturated rings. The van der Waals surface area contributed by atoms with E-state index < -0.39 is 5.41 Å². The lowest BCUT2D eigenvalue weighted by molar-refractivity contribution is -0.152. The molecule has 0 aliphatic carbocycles. The standard InChI is InChI=1S/C15H31NO2/c1-8-13(9-2)16(10-12(3)4)11-15(5,6)14(17)18-7/h12-13H,8-11H2,1-7H3. The fraction of sp³-hybridized carbons (Fsp3) is 0.933. The number of rotatable bonds is 8. The van der Waals surface area contributed by atoms with Gasteiger partial charge < -0.3 is 4.74 Å². The zero-order chi connectivity index (χ0) is 14.3. The lowest BCUT2D eigenvalue weighted by Crippen LogP contribution is -2.46. The van der Waals surface area contributed by atoms with Crippen LogP contribution >= 0.6 is 0 Å². The van der Waals surface area contributed by atoms with E-state index in [0.717, 1.165) is 25.9 Å². The van der Waals surface area contributed by atoms with Crippen LogP contribution in [0.3, 0.4) is 0 Å². The van der Waals surface area contributed by atoms with Gasteiger partial charge in [-0.25, -0.2) is 0 Å². The molecular weight excluding hydrogens is 226 g/mol. The number of carbonyl (C=O) groups is 1. The third-order valence-corrected chi connectivity index (χ3v) is 3.39. The van der Waals surface area contributed by atoms with Gasteiger partial charge >= 0.3 is 5.97 Å². The molecule has 3 nitrogen and oxygen atoms in total. The Bertz CT molecular complexity index is 245. The quantitative estimate of drug-likeness (QED) is 0.625. The zero-order valence-corrected chi connectivity index (χ0v) is 13.2. The van der Waals surface area contributed by atoms with Crippen LogP contribution < -0.4 is 0 Å². The topological polar surface area (TPSA) is 29.5 Å². The summed E-state index contributed by atoms with van der Waals surface area (Å²) in [4.78, 5) is 14.3. The van der Waals surface area contributed by atoms with Crippen LogP contribution in [0.25, 0.3) is 0 Å². The van der Waals surface area contributed by atoms with Crippen molar-refractivity contribution >= 4 is 5.97 Å². The minimum Gasteiger partial charge on any atom is -0.469 e. The second kappa shape index (κ2) is 7.78. The highest BCUT2D eigenvalue weighted by Crippen LogP contribution is 2.23. The second-order valence-corrected chi connectivity index (χ2v) is 6.17. The molecule has 0 atom stereocenters. The van der Waals surface area contributed by atoms with Gasteiger partial charge in [0.2, 0.25) is 0 Å². The van der Waals surface area contributed by atoms with E-state index in [4.69, 9.17) is 4.74 Å². The first-order valence-corrected chi connectivity index (χ1v) is 7.10. The van der Waals surface area contributed by atoms with Crippen molar-refractivity contribution in [1.29, 1.82) is 0 Å². The summed E-state index contributed by atoms with van der Waals surface area (Å²) in [6.45, 7) is 14.6. The largest absolute Gasteiger partial charge is 0.469 e. The number of hydrogen-bond acceptors (Lipinski definition) is 3. The third kappa shape index (κ3) is 5.38. The highest BCUT2D eigenvalue weighted by atomic mass is 16.5. The second-order valence-electron chi connectivity index (χ2n) is 6.17. The van der Waals surface area contributed by atoms with Crippen molar-refractivity contribution < 1.29 is 9.53 Å². The first-order valence-electron chi connectivity index (χ1n) is 7.10. The molecule has 0 aromatic heterocycles. The fourth-order valence-corrected chi connectivity index (χ4v) is 2.47. The molecule has 0 saturated carbocycles. The number of hydrogen-bond donors (Lipinski definition) is 0. The number of nitrogens with zero attached hydrogens (tertiary/aromatic N) is 1. The van der Waals surface area contributed by atoms with E-state index in [1.165, 1.54) is 7.11 Å². The van der Waals surface area contributed by atoms with E-state index in [1.807, 2.05) is 13.8 Å². The van der Waals surface area contributed by atoms with Crippen LogP contribution in [0.5, 0.6) is 0 Å². The maximum absolute atomic E-state index is 11.8. The molecule has 18 heavy (non-hydrogen) atoms. The SMILES string of the molecule is CCC(CC)N(CC(C)C)CC(C)(C)C(=O)OC. The summed E-state index contributed by atoms with van der Waals surface area (Å²) in [5.74, 6) is 0.487. The summed E-state index contributed by atoms with van der Waals surface area (Å²) in [6.07, 6.45) is 2.25. The Kier molecular flexibility index (Phi) is 7.53. The number of carbonyl (C=O) groups excluding carboxylic acids is 1. The van der Waals surface area contributed by atoms with Crippen molar-refractivity contribution in [3.63, 3.8) is 0 Å². The molecule has 3 heteroatoms. The average molecular weight is 257 g/mol. The fourth-order valence-electron chi connectivity index (χ4n) is 2.47. The zero-order valence-electron chi connectivity index (χ0n) is 13.2. The van der Waals surface area contributed by atoms with Gasteiger partial charge in [-0.1, -0.05) is 27.7 Å². The molecule has 0 aliphatic heterocycles. The lowest BCUT2D eigenvalue weighted by atomic mass is 9.91. The molecule has 108 valence electrons. The van der Waals surface area contributed by atoms with E-state index in [0.29, 0.717) is 12.0 Å². The third-order valence-electron chi connectivity index (χ3n) is 3.39. The van der Waals surface area contributed by atoms with Crippen molar-refractivity contribution in [2.24, 2.45) is 11.3 Å². The molecule has 0 rings (SSSR count). The maximum atomic E-state index is 11.8.